The third-order valence-corrected chi connectivity index (χ3v) is 6.42. The van der Waals surface area contributed by atoms with Gasteiger partial charge in [-0.1, -0.05) is 42.0 Å². The molecule has 0 unspecified atom stereocenters. The zero-order valence-electron chi connectivity index (χ0n) is 18.0. The number of nitrogens with zero attached hydrogens (tertiary/aromatic N) is 2. The molecule has 2 heterocycles. The number of benzene rings is 2. The summed E-state index contributed by atoms with van der Waals surface area (Å²) in [6.07, 6.45) is 2.19. The van der Waals surface area contributed by atoms with E-state index in [1.807, 2.05) is 24.3 Å². The SMILES string of the molecule is Cc1ccc(C)c(CN2CCC(CNC(=O)CN3Cc4ccccc4C3=O)CC2)c1. The lowest BCUT2D eigenvalue weighted by Gasteiger charge is -2.32. The highest BCUT2D eigenvalue weighted by atomic mass is 16.2. The third-order valence-electron chi connectivity index (χ3n) is 6.42. The van der Waals surface area contributed by atoms with Crippen LogP contribution in [0.25, 0.3) is 0 Å². The third kappa shape index (κ3) is 4.73. The summed E-state index contributed by atoms with van der Waals surface area (Å²) in [6.45, 7) is 8.82. The minimum absolute atomic E-state index is 0.0412. The average Bonchev–Trinajstić information content (AvgIpc) is 3.06. The van der Waals surface area contributed by atoms with E-state index in [9.17, 15) is 9.59 Å². The van der Waals surface area contributed by atoms with Gasteiger partial charge < -0.3 is 10.2 Å². The predicted octanol–water partition coefficient (Wildman–Crippen LogP) is 3.29. The largest absolute Gasteiger partial charge is 0.354 e. The van der Waals surface area contributed by atoms with Crippen LogP contribution in [0.4, 0.5) is 0 Å². The van der Waals surface area contributed by atoms with Gasteiger partial charge in [0.15, 0.2) is 0 Å². The maximum atomic E-state index is 12.4. The van der Waals surface area contributed by atoms with E-state index in [-0.39, 0.29) is 18.4 Å². The van der Waals surface area contributed by atoms with Gasteiger partial charge in [0.05, 0.1) is 0 Å². The van der Waals surface area contributed by atoms with Crippen molar-refractivity contribution in [3.05, 3.63) is 70.3 Å². The van der Waals surface area contributed by atoms with E-state index < -0.39 is 0 Å². The van der Waals surface area contributed by atoms with Crippen molar-refractivity contribution in [3.63, 3.8) is 0 Å². The Morgan fingerprint density at radius 1 is 1.10 bits per heavy atom. The van der Waals surface area contributed by atoms with Crippen molar-refractivity contribution in [1.29, 1.82) is 0 Å². The van der Waals surface area contributed by atoms with Crippen molar-refractivity contribution in [2.24, 2.45) is 5.92 Å². The number of amides is 2. The number of carbonyl (C=O) groups excluding carboxylic acids is 2. The second-order valence-electron chi connectivity index (χ2n) is 8.77. The summed E-state index contributed by atoms with van der Waals surface area (Å²) in [7, 11) is 0. The molecule has 1 fully saturated rings. The van der Waals surface area contributed by atoms with Gasteiger partial charge in [-0.05, 0) is 68.5 Å². The van der Waals surface area contributed by atoms with Crippen LogP contribution < -0.4 is 5.32 Å². The van der Waals surface area contributed by atoms with Crippen LogP contribution in [0, 0.1) is 19.8 Å². The number of rotatable bonds is 6. The van der Waals surface area contributed by atoms with E-state index in [1.54, 1.807) is 4.90 Å². The zero-order chi connectivity index (χ0) is 21.1. The molecule has 5 nitrogen and oxygen atoms in total. The lowest BCUT2D eigenvalue weighted by molar-refractivity contribution is -0.122. The molecule has 0 aromatic heterocycles. The van der Waals surface area contributed by atoms with Crippen molar-refractivity contribution < 1.29 is 9.59 Å². The van der Waals surface area contributed by atoms with Crippen LogP contribution in [0.2, 0.25) is 0 Å². The minimum atomic E-state index is -0.0611. The first-order chi connectivity index (χ1) is 14.5. The average molecular weight is 406 g/mol. The molecule has 158 valence electrons. The molecule has 2 aliphatic heterocycles. The Hall–Kier alpha value is -2.66. The monoisotopic (exact) mass is 405 g/mol. The van der Waals surface area contributed by atoms with Gasteiger partial charge in [-0.3, -0.25) is 14.5 Å². The number of likely N-dealkylation sites (tertiary alicyclic amines) is 1. The maximum absolute atomic E-state index is 12.4. The predicted molar refractivity (Wildman–Crippen MR) is 118 cm³/mol. The molecule has 0 atom stereocenters. The van der Waals surface area contributed by atoms with Gasteiger partial charge in [0.2, 0.25) is 5.91 Å². The molecule has 2 aromatic carbocycles. The Morgan fingerprint density at radius 3 is 2.63 bits per heavy atom. The molecular formula is C25H31N3O2. The standard InChI is InChI=1S/C25H31N3O2/c1-18-7-8-19(2)22(13-18)15-27-11-9-20(10-12-27)14-26-24(29)17-28-16-21-5-3-4-6-23(21)25(28)30/h3-8,13,20H,9-12,14-17H2,1-2H3,(H,26,29). The van der Waals surface area contributed by atoms with E-state index >= 15 is 0 Å². The fraction of sp³-hybridized carbons (Fsp3) is 0.440. The number of hydrogen-bond acceptors (Lipinski definition) is 3. The molecule has 2 aliphatic rings. The smallest absolute Gasteiger partial charge is 0.254 e. The Kier molecular flexibility index (Phi) is 6.18. The maximum Gasteiger partial charge on any atom is 0.254 e. The van der Waals surface area contributed by atoms with E-state index in [0.717, 1.165) is 43.6 Å². The number of carbonyl (C=O) groups is 2. The Balaban J connectivity index is 1.19. The summed E-state index contributed by atoms with van der Waals surface area (Å²) in [5.41, 5.74) is 5.81. The first kappa shape index (κ1) is 20.6. The normalized spacial score (nSPS) is 17.3. The van der Waals surface area contributed by atoms with Gasteiger partial charge in [0.25, 0.3) is 5.91 Å². The second kappa shape index (κ2) is 9.00. The van der Waals surface area contributed by atoms with Crippen LogP contribution in [0.5, 0.6) is 0 Å². The lowest BCUT2D eigenvalue weighted by atomic mass is 9.96. The number of fused-ring (bicyclic) bond motifs is 1. The summed E-state index contributed by atoms with van der Waals surface area (Å²) in [6, 6.07) is 14.3. The van der Waals surface area contributed by atoms with Gasteiger partial charge in [0.1, 0.15) is 6.54 Å². The number of aryl methyl sites for hydroxylation is 2. The molecular weight excluding hydrogens is 374 g/mol. The van der Waals surface area contributed by atoms with E-state index in [1.165, 1.54) is 16.7 Å². The topological polar surface area (TPSA) is 52.7 Å². The summed E-state index contributed by atoms with van der Waals surface area (Å²) < 4.78 is 0. The highest BCUT2D eigenvalue weighted by Crippen LogP contribution is 2.22. The van der Waals surface area contributed by atoms with Crippen molar-refractivity contribution >= 4 is 11.8 Å². The molecule has 1 N–H and O–H groups in total. The second-order valence-corrected chi connectivity index (χ2v) is 8.77. The number of hydrogen-bond donors (Lipinski definition) is 1. The molecule has 0 spiro atoms. The van der Waals surface area contributed by atoms with E-state index in [0.29, 0.717) is 19.0 Å². The van der Waals surface area contributed by atoms with Crippen molar-refractivity contribution in [3.8, 4) is 0 Å². The Morgan fingerprint density at radius 2 is 1.87 bits per heavy atom. The molecule has 0 saturated carbocycles. The van der Waals surface area contributed by atoms with Crippen LogP contribution in [-0.2, 0) is 17.9 Å². The molecule has 0 bridgehead atoms. The Bertz CT molecular complexity index is 932. The summed E-state index contributed by atoms with van der Waals surface area (Å²) in [5, 5.41) is 3.06. The van der Waals surface area contributed by atoms with E-state index in [2.05, 4.69) is 42.3 Å². The van der Waals surface area contributed by atoms with Crippen LogP contribution in [-0.4, -0.2) is 47.8 Å². The quantitative estimate of drug-likeness (QED) is 0.802. The molecule has 2 aromatic rings. The van der Waals surface area contributed by atoms with Crippen molar-refractivity contribution in [1.82, 2.24) is 15.1 Å². The molecule has 30 heavy (non-hydrogen) atoms. The Labute approximate surface area is 179 Å². The van der Waals surface area contributed by atoms with Crippen LogP contribution in [0.3, 0.4) is 0 Å². The minimum Gasteiger partial charge on any atom is -0.354 e. The number of nitrogens with one attached hydrogen (secondary N) is 1. The van der Waals surface area contributed by atoms with Crippen molar-refractivity contribution in [2.75, 3.05) is 26.2 Å². The van der Waals surface area contributed by atoms with Gasteiger partial charge in [-0.25, -0.2) is 0 Å². The van der Waals surface area contributed by atoms with Crippen molar-refractivity contribution in [2.45, 2.75) is 39.8 Å². The molecule has 4 rings (SSSR count). The van der Waals surface area contributed by atoms with E-state index in [4.69, 9.17) is 0 Å². The molecule has 5 heteroatoms. The van der Waals surface area contributed by atoms with Crippen LogP contribution in [0.1, 0.15) is 45.5 Å². The van der Waals surface area contributed by atoms with Gasteiger partial charge in [-0.15, -0.1) is 0 Å². The van der Waals surface area contributed by atoms with Crippen LogP contribution >= 0.6 is 0 Å². The fourth-order valence-corrected chi connectivity index (χ4v) is 4.49. The summed E-state index contributed by atoms with van der Waals surface area (Å²) >= 11 is 0. The lowest BCUT2D eigenvalue weighted by Crippen LogP contribution is -2.42. The molecule has 2 amide bonds. The van der Waals surface area contributed by atoms with Gasteiger partial charge in [0, 0.05) is 25.2 Å². The van der Waals surface area contributed by atoms with Crippen LogP contribution in [0.15, 0.2) is 42.5 Å². The highest BCUT2D eigenvalue weighted by molar-refractivity contribution is 6.00. The molecule has 0 radical (unpaired) electrons. The first-order valence-electron chi connectivity index (χ1n) is 10.9. The highest BCUT2D eigenvalue weighted by Gasteiger charge is 2.28. The number of piperidine rings is 1. The van der Waals surface area contributed by atoms with Gasteiger partial charge >= 0.3 is 0 Å². The zero-order valence-corrected chi connectivity index (χ0v) is 18.0. The summed E-state index contributed by atoms with van der Waals surface area (Å²) in [4.78, 5) is 29.0. The first-order valence-corrected chi connectivity index (χ1v) is 10.9. The summed E-state index contributed by atoms with van der Waals surface area (Å²) in [5.74, 6) is 0.407. The van der Waals surface area contributed by atoms with Gasteiger partial charge in [-0.2, -0.15) is 0 Å². The fourth-order valence-electron chi connectivity index (χ4n) is 4.49. The molecule has 1 saturated heterocycles. The molecule has 0 aliphatic carbocycles.